The summed E-state index contributed by atoms with van der Waals surface area (Å²) in [4.78, 5) is 2.53. The molecular formula is C36H49I2NO. The Kier molecular flexibility index (Phi) is 10.7. The number of likely N-dealkylation sites (tertiary alicyclic amines) is 1. The fourth-order valence-corrected chi connectivity index (χ4v) is 7.13. The molecule has 2 atom stereocenters. The molecule has 0 bridgehead atoms. The average molecular weight is 766 g/mol. The SMILES string of the molecule is C=C1/C(=C\C(I)CC)C(C)(C)C(CC2=C(O)/C(=C\C(=C)C(C)(C)c3cc(I)ccc3C)C2=C(C)C)N1CCCC. The van der Waals surface area contributed by atoms with Crippen molar-refractivity contribution in [2.24, 2.45) is 5.41 Å². The first-order valence-electron chi connectivity index (χ1n) is 14.7. The summed E-state index contributed by atoms with van der Waals surface area (Å²) in [6.45, 7) is 30.3. The molecule has 0 saturated carbocycles. The number of halogens is 2. The van der Waals surface area contributed by atoms with Crippen molar-refractivity contribution >= 4 is 45.2 Å². The van der Waals surface area contributed by atoms with Crippen molar-refractivity contribution in [2.75, 3.05) is 6.54 Å². The lowest BCUT2D eigenvalue weighted by Gasteiger charge is -2.38. The molecule has 0 radical (unpaired) electrons. The van der Waals surface area contributed by atoms with Gasteiger partial charge in [-0.1, -0.05) is 101 Å². The molecule has 218 valence electrons. The van der Waals surface area contributed by atoms with Crippen LogP contribution in [0.15, 0.2) is 88.4 Å². The van der Waals surface area contributed by atoms with Crippen LogP contribution < -0.4 is 0 Å². The molecule has 2 nitrogen and oxygen atoms in total. The van der Waals surface area contributed by atoms with Crippen LogP contribution in [0.5, 0.6) is 0 Å². The molecule has 0 aromatic heterocycles. The van der Waals surface area contributed by atoms with Crippen LogP contribution in [-0.4, -0.2) is 26.5 Å². The molecule has 1 N–H and O–H groups in total. The summed E-state index contributed by atoms with van der Waals surface area (Å²) in [5.41, 5.74) is 10.2. The van der Waals surface area contributed by atoms with Crippen LogP contribution in [0.25, 0.3) is 0 Å². The van der Waals surface area contributed by atoms with E-state index in [0.717, 1.165) is 54.6 Å². The Morgan fingerprint density at radius 1 is 1.23 bits per heavy atom. The van der Waals surface area contributed by atoms with Gasteiger partial charge in [0.05, 0.1) is 0 Å². The van der Waals surface area contributed by atoms with Crippen LogP contribution >= 0.6 is 45.2 Å². The van der Waals surface area contributed by atoms with E-state index in [9.17, 15) is 5.11 Å². The van der Waals surface area contributed by atoms with E-state index in [-0.39, 0.29) is 16.9 Å². The lowest BCUT2D eigenvalue weighted by molar-refractivity contribution is 0.199. The standard InChI is InChI=1S/C36H49I2NO/c1-12-14-17-39-25(7)31(19-26(37)13-2)36(10,11)32(39)21-29-33(22(3)4)28(34(29)40)18-24(6)35(8,9)30-20-27(38)16-15-23(30)5/h15-16,18-20,26,32,40H,6-7,12-14,17,21H2,1-5,8-11H3/b28-18-,31-19+. The van der Waals surface area contributed by atoms with Gasteiger partial charge >= 0.3 is 0 Å². The highest BCUT2D eigenvalue weighted by Gasteiger charge is 2.48. The Morgan fingerprint density at radius 3 is 2.45 bits per heavy atom. The highest BCUT2D eigenvalue weighted by Crippen LogP contribution is 2.53. The van der Waals surface area contributed by atoms with Gasteiger partial charge in [-0.15, -0.1) is 0 Å². The predicted molar refractivity (Wildman–Crippen MR) is 191 cm³/mol. The number of benzene rings is 1. The minimum absolute atomic E-state index is 0.0590. The van der Waals surface area contributed by atoms with Gasteiger partial charge in [-0.25, -0.2) is 0 Å². The van der Waals surface area contributed by atoms with Gasteiger partial charge in [0.25, 0.3) is 0 Å². The maximum absolute atomic E-state index is 11.6. The Labute approximate surface area is 271 Å². The van der Waals surface area contributed by atoms with E-state index in [1.807, 2.05) is 0 Å². The van der Waals surface area contributed by atoms with Crippen molar-refractivity contribution in [1.82, 2.24) is 4.90 Å². The molecule has 40 heavy (non-hydrogen) atoms. The lowest BCUT2D eigenvalue weighted by atomic mass is 9.70. The van der Waals surface area contributed by atoms with Crippen molar-refractivity contribution in [3.63, 3.8) is 0 Å². The first-order valence-corrected chi connectivity index (χ1v) is 17.0. The second-order valence-corrected chi connectivity index (χ2v) is 15.7. The van der Waals surface area contributed by atoms with Gasteiger partial charge in [0.1, 0.15) is 5.76 Å². The zero-order valence-electron chi connectivity index (χ0n) is 26.1. The van der Waals surface area contributed by atoms with Crippen molar-refractivity contribution in [3.8, 4) is 0 Å². The zero-order valence-corrected chi connectivity index (χ0v) is 30.5. The second kappa shape index (κ2) is 12.9. The number of allylic oxidation sites excluding steroid dienone is 6. The van der Waals surface area contributed by atoms with Gasteiger partial charge in [0.15, 0.2) is 0 Å². The Morgan fingerprint density at radius 2 is 1.88 bits per heavy atom. The van der Waals surface area contributed by atoms with E-state index < -0.39 is 0 Å². The number of aliphatic hydroxyl groups excluding tert-OH is 1. The van der Waals surface area contributed by atoms with Crippen molar-refractivity contribution in [1.29, 1.82) is 0 Å². The molecule has 1 heterocycles. The molecule has 1 aromatic carbocycles. The van der Waals surface area contributed by atoms with Crippen LogP contribution in [0.2, 0.25) is 0 Å². The average Bonchev–Trinajstić information content (AvgIpc) is 3.06. The number of nitrogens with zero attached hydrogens (tertiary/aromatic N) is 1. The van der Waals surface area contributed by atoms with E-state index in [1.54, 1.807) is 0 Å². The molecule has 0 amide bonds. The molecule has 1 aliphatic heterocycles. The molecule has 1 saturated heterocycles. The third-order valence-corrected chi connectivity index (χ3v) is 11.0. The predicted octanol–water partition coefficient (Wildman–Crippen LogP) is 11.1. The minimum atomic E-state index is -0.252. The molecule has 0 spiro atoms. The first-order chi connectivity index (χ1) is 18.6. The summed E-state index contributed by atoms with van der Waals surface area (Å²) >= 11 is 4.92. The largest absolute Gasteiger partial charge is 0.507 e. The van der Waals surface area contributed by atoms with E-state index in [2.05, 4.69) is 156 Å². The Hall–Kier alpha value is -1.28. The summed E-state index contributed by atoms with van der Waals surface area (Å²) in [5, 5.41) is 11.6. The van der Waals surface area contributed by atoms with E-state index >= 15 is 0 Å². The minimum Gasteiger partial charge on any atom is -0.507 e. The summed E-state index contributed by atoms with van der Waals surface area (Å²) < 4.78 is 1.71. The lowest BCUT2D eigenvalue weighted by Crippen LogP contribution is -2.38. The topological polar surface area (TPSA) is 23.5 Å². The summed E-state index contributed by atoms with van der Waals surface area (Å²) in [5.74, 6) is 0.433. The van der Waals surface area contributed by atoms with E-state index in [1.165, 1.54) is 31.4 Å². The first kappa shape index (κ1) is 33.2. The highest BCUT2D eigenvalue weighted by molar-refractivity contribution is 14.1. The number of unbranched alkanes of at least 4 members (excludes halogenated alkanes) is 1. The van der Waals surface area contributed by atoms with E-state index in [4.69, 9.17) is 0 Å². The van der Waals surface area contributed by atoms with Gasteiger partial charge in [-0.3, -0.25) is 0 Å². The van der Waals surface area contributed by atoms with E-state index in [0.29, 0.717) is 9.68 Å². The van der Waals surface area contributed by atoms with Crippen LogP contribution in [0, 0.1) is 15.9 Å². The third kappa shape index (κ3) is 6.38. The van der Waals surface area contributed by atoms with Gasteiger partial charge in [-0.05, 0) is 109 Å². The highest BCUT2D eigenvalue weighted by atomic mass is 127. The maximum atomic E-state index is 11.6. The molecule has 1 fully saturated rings. The van der Waals surface area contributed by atoms with Gasteiger partial charge in [0, 0.05) is 47.8 Å². The van der Waals surface area contributed by atoms with Crippen LogP contribution in [-0.2, 0) is 5.41 Å². The molecule has 4 heteroatoms. The fraction of sp³-hybridized carbons (Fsp3) is 0.500. The summed E-state index contributed by atoms with van der Waals surface area (Å²) in [6.07, 6.45) is 8.76. The Balaban J connectivity index is 2.03. The normalized spacial score (nSPS) is 21.9. The van der Waals surface area contributed by atoms with Crippen LogP contribution in [0.1, 0.15) is 92.2 Å². The number of hydrogen-bond donors (Lipinski definition) is 1. The number of aryl methyl sites for hydroxylation is 1. The monoisotopic (exact) mass is 765 g/mol. The van der Waals surface area contributed by atoms with Crippen molar-refractivity contribution in [2.45, 2.75) is 103 Å². The number of hydrogen-bond acceptors (Lipinski definition) is 2. The Bertz CT molecular complexity index is 1300. The molecule has 2 unspecified atom stereocenters. The molecule has 1 aliphatic carbocycles. The number of aliphatic hydroxyl groups is 1. The molecule has 3 rings (SSSR count). The van der Waals surface area contributed by atoms with Gasteiger partial charge < -0.3 is 10.0 Å². The smallest absolute Gasteiger partial charge is 0.127 e. The van der Waals surface area contributed by atoms with Gasteiger partial charge in [-0.2, -0.15) is 0 Å². The fourth-order valence-electron chi connectivity index (χ4n) is 6.28. The molecular weight excluding hydrogens is 716 g/mol. The quantitative estimate of drug-likeness (QED) is 0.189. The number of alkyl halides is 1. The zero-order chi connectivity index (χ0) is 30.2. The van der Waals surface area contributed by atoms with Gasteiger partial charge in [0.2, 0.25) is 0 Å². The molecule has 2 aliphatic rings. The maximum Gasteiger partial charge on any atom is 0.127 e. The van der Waals surface area contributed by atoms with Crippen LogP contribution in [0.3, 0.4) is 0 Å². The number of rotatable bonds is 10. The van der Waals surface area contributed by atoms with Crippen molar-refractivity contribution in [3.05, 3.63) is 103 Å². The van der Waals surface area contributed by atoms with Crippen LogP contribution in [0.4, 0.5) is 0 Å². The summed E-state index contributed by atoms with van der Waals surface area (Å²) in [6, 6.07) is 6.84. The molecule has 1 aromatic rings. The third-order valence-electron chi connectivity index (χ3n) is 9.06. The summed E-state index contributed by atoms with van der Waals surface area (Å²) in [7, 11) is 0. The van der Waals surface area contributed by atoms with Crippen molar-refractivity contribution < 1.29 is 5.11 Å². The second-order valence-electron chi connectivity index (χ2n) is 12.8.